The molecule has 2 unspecified atom stereocenters. The molecule has 1 nitrogen and oxygen atoms in total. The third-order valence-corrected chi connectivity index (χ3v) is 3.46. The summed E-state index contributed by atoms with van der Waals surface area (Å²) in [7, 11) is 2.05. The monoisotopic (exact) mass is 245 g/mol. The Morgan fingerprint density at radius 1 is 1.27 bits per heavy atom. The molecule has 3 heteroatoms. The molecule has 0 N–H and O–H groups in total. The van der Waals surface area contributed by atoms with Crippen molar-refractivity contribution < 1.29 is 0 Å². The summed E-state index contributed by atoms with van der Waals surface area (Å²) in [5.74, 6) is 0.638. The molecule has 0 aliphatic carbocycles. The quantitative estimate of drug-likeness (QED) is 0.718. The van der Waals surface area contributed by atoms with Crippen LogP contribution in [0.25, 0.3) is 0 Å². The minimum atomic E-state index is 0.0133. The van der Waals surface area contributed by atoms with E-state index in [0.29, 0.717) is 5.88 Å². The van der Waals surface area contributed by atoms with Gasteiger partial charge in [0.25, 0.3) is 0 Å². The van der Waals surface area contributed by atoms with Crippen molar-refractivity contribution in [2.24, 2.45) is 0 Å². The summed E-state index contributed by atoms with van der Waals surface area (Å²) in [6.45, 7) is 2.98. The second kappa shape index (κ2) is 6.37. The Bertz CT molecular complexity index is 276. The molecule has 0 radical (unpaired) electrons. The lowest BCUT2D eigenvalue weighted by Gasteiger charge is -2.28. The van der Waals surface area contributed by atoms with Crippen LogP contribution in [-0.4, -0.2) is 30.4 Å². The zero-order valence-electron chi connectivity index (χ0n) is 9.16. The first-order chi connectivity index (χ1) is 7.16. The molecule has 84 valence electrons. The van der Waals surface area contributed by atoms with Crippen LogP contribution < -0.4 is 0 Å². The smallest absolute Gasteiger partial charge is 0.0737 e. The van der Waals surface area contributed by atoms with E-state index in [1.807, 2.05) is 25.2 Å². The zero-order chi connectivity index (χ0) is 11.3. The Labute approximate surface area is 102 Å². The average Bonchev–Trinajstić information content (AvgIpc) is 2.28. The van der Waals surface area contributed by atoms with Gasteiger partial charge in [0.2, 0.25) is 0 Å². The number of nitrogens with zero attached hydrogens (tertiary/aromatic N) is 1. The first-order valence-corrected chi connectivity index (χ1v) is 6.09. The van der Waals surface area contributed by atoms with Gasteiger partial charge >= 0.3 is 0 Å². The molecular weight excluding hydrogens is 229 g/mol. The van der Waals surface area contributed by atoms with Crippen molar-refractivity contribution in [1.29, 1.82) is 0 Å². The molecule has 1 rings (SSSR count). The molecule has 1 aromatic carbocycles. The fourth-order valence-electron chi connectivity index (χ4n) is 1.48. The summed E-state index contributed by atoms with van der Waals surface area (Å²) in [5.41, 5.74) is 1.16. The molecule has 15 heavy (non-hydrogen) atoms. The highest BCUT2D eigenvalue weighted by Crippen LogP contribution is 2.26. The highest BCUT2D eigenvalue weighted by Gasteiger charge is 2.19. The van der Waals surface area contributed by atoms with Gasteiger partial charge in [-0.25, -0.2) is 0 Å². The highest BCUT2D eigenvalue weighted by molar-refractivity contribution is 6.21. The summed E-state index contributed by atoms with van der Waals surface area (Å²) in [6, 6.07) is 10.4. The predicted octanol–water partition coefficient (Wildman–Crippen LogP) is 3.53. The van der Waals surface area contributed by atoms with Crippen LogP contribution in [0.4, 0.5) is 0 Å². The number of rotatable bonds is 5. The number of hydrogen-bond acceptors (Lipinski definition) is 1. The molecule has 1 aromatic rings. The van der Waals surface area contributed by atoms with Crippen LogP contribution in [0.2, 0.25) is 0 Å². The van der Waals surface area contributed by atoms with Crippen LogP contribution in [0.15, 0.2) is 30.3 Å². The van der Waals surface area contributed by atoms with E-state index in [1.165, 1.54) is 0 Å². The molecule has 0 fully saturated rings. The third-order valence-electron chi connectivity index (χ3n) is 2.67. The van der Waals surface area contributed by atoms with Gasteiger partial charge in [0.1, 0.15) is 0 Å². The zero-order valence-corrected chi connectivity index (χ0v) is 10.7. The number of likely N-dealkylation sites (N-methyl/N-ethyl adjacent to an activating group) is 1. The summed E-state index contributed by atoms with van der Waals surface area (Å²) in [4.78, 5) is 2.18. The van der Waals surface area contributed by atoms with E-state index in [9.17, 15) is 0 Å². The summed E-state index contributed by atoms with van der Waals surface area (Å²) < 4.78 is 0. The summed E-state index contributed by atoms with van der Waals surface area (Å²) >= 11 is 12.1. The van der Waals surface area contributed by atoms with Gasteiger partial charge in [-0.1, -0.05) is 30.3 Å². The summed E-state index contributed by atoms with van der Waals surface area (Å²) in [6.07, 6.45) is 0. The molecule has 0 aliphatic heterocycles. The number of hydrogen-bond donors (Lipinski definition) is 0. The minimum Gasteiger partial charge on any atom is -0.301 e. The first-order valence-electron chi connectivity index (χ1n) is 5.12. The molecule has 0 aromatic heterocycles. The van der Waals surface area contributed by atoms with Crippen molar-refractivity contribution in [3.63, 3.8) is 0 Å². The molecule has 0 aliphatic rings. The lowest BCUT2D eigenvalue weighted by atomic mass is 10.1. The van der Waals surface area contributed by atoms with Gasteiger partial charge < -0.3 is 4.90 Å². The fraction of sp³-hybridized carbons (Fsp3) is 0.500. The minimum absolute atomic E-state index is 0.0133. The lowest BCUT2D eigenvalue weighted by Crippen LogP contribution is -2.33. The Morgan fingerprint density at radius 2 is 1.87 bits per heavy atom. The van der Waals surface area contributed by atoms with Crippen LogP contribution in [0, 0.1) is 0 Å². The first kappa shape index (κ1) is 12.8. The van der Waals surface area contributed by atoms with Crippen LogP contribution in [0.5, 0.6) is 0 Å². The fourth-order valence-corrected chi connectivity index (χ4v) is 2.08. The number of benzene rings is 1. The summed E-state index contributed by atoms with van der Waals surface area (Å²) in [5, 5.41) is 0.0133. The Hall–Kier alpha value is -0.240. The van der Waals surface area contributed by atoms with E-state index in [2.05, 4.69) is 24.0 Å². The highest BCUT2D eigenvalue weighted by atomic mass is 35.5. The molecular formula is C12H17Cl2N. The molecule has 0 bridgehead atoms. The van der Waals surface area contributed by atoms with E-state index in [-0.39, 0.29) is 11.4 Å². The molecule has 0 saturated heterocycles. The number of halogens is 2. The maximum absolute atomic E-state index is 6.40. The third kappa shape index (κ3) is 3.67. The molecule has 0 saturated carbocycles. The molecule has 0 heterocycles. The standard InChI is InChI=1S/C12H17Cl2N/c1-10(15(2)9-8-13)12(14)11-6-4-3-5-7-11/h3-7,10,12H,8-9H2,1-2H3. The maximum Gasteiger partial charge on any atom is 0.0737 e. The Kier molecular flexibility index (Phi) is 5.44. The van der Waals surface area contributed by atoms with Crippen molar-refractivity contribution in [2.75, 3.05) is 19.5 Å². The Balaban J connectivity index is 2.64. The van der Waals surface area contributed by atoms with Gasteiger partial charge in [-0.15, -0.1) is 23.2 Å². The largest absolute Gasteiger partial charge is 0.301 e. The second-order valence-corrected chi connectivity index (χ2v) is 4.57. The predicted molar refractivity (Wildman–Crippen MR) is 67.8 cm³/mol. The van der Waals surface area contributed by atoms with Crippen molar-refractivity contribution in [1.82, 2.24) is 4.90 Å². The van der Waals surface area contributed by atoms with Gasteiger partial charge in [0.05, 0.1) is 5.38 Å². The van der Waals surface area contributed by atoms with Gasteiger partial charge in [0.15, 0.2) is 0 Å². The van der Waals surface area contributed by atoms with Crippen molar-refractivity contribution in [3.8, 4) is 0 Å². The van der Waals surface area contributed by atoms with Gasteiger partial charge in [-0.05, 0) is 19.5 Å². The van der Waals surface area contributed by atoms with E-state index < -0.39 is 0 Å². The normalized spacial score (nSPS) is 15.3. The van der Waals surface area contributed by atoms with E-state index in [1.54, 1.807) is 0 Å². The van der Waals surface area contributed by atoms with Gasteiger partial charge in [-0.2, -0.15) is 0 Å². The van der Waals surface area contributed by atoms with Gasteiger partial charge in [-0.3, -0.25) is 0 Å². The number of alkyl halides is 2. The lowest BCUT2D eigenvalue weighted by molar-refractivity contribution is 0.266. The molecule has 2 atom stereocenters. The van der Waals surface area contributed by atoms with Crippen LogP contribution in [0.1, 0.15) is 17.9 Å². The van der Waals surface area contributed by atoms with E-state index in [0.717, 1.165) is 12.1 Å². The van der Waals surface area contributed by atoms with E-state index in [4.69, 9.17) is 23.2 Å². The average molecular weight is 246 g/mol. The SMILES string of the molecule is CC(C(Cl)c1ccccc1)N(C)CCCl. The van der Waals surface area contributed by atoms with Crippen LogP contribution in [-0.2, 0) is 0 Å². The maximum atomic E-state index is 6.40. The Morgan fingerprint density at radius 3 is 2.40 bits per heavy atom. The van der Waals surface area contributed by atoms with Crippen molar-refractivity contribution >= 4 is 23.2 Å². The van der Waals surface area contributed by atoms with E-state index >= 15 is 0 Å². The van der Waals surface area contributed by atoms with Gasteiger partial charge in [0, 0.05) is 18.5 Å². The second-order valence-electron chi connectivity index (χ2n) is 3.72. The van der Waals surface area contributed by atoms with Crippen LogP contribution in [0.3, 0.4) is 0 Å². The molecule has 0 spiro atoms. The topological polar surface area (TPSA) is 3.24 Å². The van der Waals surface area contributed by atoms with Crippen LogP contribution >= 0.6 is 23.2 Å². The van der Waals surface area contributed by atoms with Crippen molar-refractivity contribution in [3.05, 3.63) is 35.9 Å². The van der Waals surface area contributed by atoms with Crippen molar-refractivity contribution in [2.45, 2.75) is 18.3 Å². The molecule has 0 amide bonds.